The number of nitrogens with zero attached hydrogens (tertiary/aromatic N) is 2. The molecule has 0 saturated carbocycles. The number of benzene rings is 1. The van der Waals surface area contributed by atoms with Gasteiger partial charge in [-0.25, -0.2) is 0 Å². The molecule has 0 spiro atoms. The van der Waals surface area contributed by atoms with Crippen molar-refractivity contribution in [3.63, 3.8) is 0 Å². The Kier molecular flexibility index (Phi) is 3.32. The molecule has 94 valence electrons. The molecule has 5 heteroatoms. The summed E-state index contributed by atoms with van der Waals surface area (Å²) in [5.74, 6) is -0.104. The molecule has 18 heavy (non-hydrogen) atoms. The van der Waals surface area contributed by atoms with Gasteiger partial charge in [0.25, 0.3) is 0 Å². The molecule has 0 aliphatic carbocycles. The number of carbonyl (C=O) groups is 1. The van der Waals surface area contributed by atoms with E-state index in [1.54, 1.807) is 25.0 Å². The molecule has 2 rings (SSSR count). The minimum absolute atomic E-state index is 0.0325. The normalized spacial score (nSPS) is 10.3. The molecule has 1 aromatic carbocycles. The van der Waals surface area contributed by atoms with Gasteiger partial charge in [0.2, 0.25) is 0 Å². The molecule has 1 N–H and O–H groups in total. The average molecular weight is 246 g/mol. The lowest BCUT2D eigenvalue weighted by Gasteiger charge is -2.02. The maximum atomic E-state index is 10.8. The van der Waals surface area contributed by atoms with Gasteiger partial charge in [-0.1, -0.05) is 0 Å². The summed E-state index contributed by atoms with van der Waals surface area (Å²) in [5.41, 5.74) is 2.28. The van der Waals surface area contributed by atoms with Gasteiger partial charge < -0.3 is 9.84 Å². The monoisotopic (exact) mass is 246 g/mol. The molecular weight excluding hydrogens is 232 g/mol. The van der Waals surface area contributed by atoms with Crippen molar-refractivity contribution in [3.05, 3.63) is 36.0 Å². The fourth-order valence-electron chi connectivity index (χ4n) is 1.82. The third kappa shape index (κ3) is 2.51. The number of aryl methyl sites for hydroxylation is 1. The second-order valence-electron chi connectivity index (χ2n) is 3.98. The fourth-order valence-corrected chi connectivity index (χ4v) is 1.82. The van der Waals surface area contributed by atoms with Crippen LogP contribution in [0.1, 0.15) is 5.56 Å². The number of aliphatic carboxylic acids is 1. The van der Waals surface area contributed by atoms with Crippen LogP contribution in [0.5, 0.6) is 5.75 Å². The SMILES string of the molecule is COc1ccc(-c2nn(C)cc2CC(=O)O)cc1. The van der Waals surface area contributed by atoms with Crippen LogP contribution in [0.3, 0.4) is 0 Å². The van der Waals surface area contributed by atoms with Crippen molar-refractivity contribution < 1.29 is 14.6 Å². The minimum Gasteiger partial charge on any atom is -0.497 e. The van der Waals surface area contributed by atoms with Gasteiger partial charge in [-0.2, -0.15) is 5.10 Å². The van der Waals surface area contributed by atoms with Crippen LogP contribution >= 0.6 is 0 Å². The topological polar surface area (TPSA) is 64.4 Å². The molecular formula is C13H14N2O3. The van der Waals surface area contributed by atoms with Gasteiger partial charge >= 0.3 is 5.97 Å². The van der Waals surface area contributed by atoms with Crippen molar-refractivity contribution in [1.29, 1.82) is 0 Å². The number of carboxylic acids is 1. The summed E-state index contributed by atoms with van der Waals surface area (Å²) in [5, 5.41) is 13.2. The molecule has 0 unspecified atom stereocenters. The lowest BCUT2D eigenvalue weighted by atomic mass is 10.1. The molecule has 0 saturated heterocycles. The summed E-state index contributed by atoms with van der Waals surface area (Å²) in [6.07, 6.45) is 1.70. The van der Waals surface area contributed by atoms with Gasteiger partial charge in [-0.15, -0.1) is 0 Å². The first-order chi connectivity index (χ1) is 8.60. The van der Waals surface area contributed by atoms with E-state index in [-0.39, 0.29) is 6.42 Å². The number of aromatic nitrogens is 2. The number of ether oxygens (including phenoxy) is 1. The molecule has 0 amide bonds. The Morgan fingerprint density at radius 2 is 2.06 bits per heavy atom. The molecule has 1 aromatic heterocycles. The Balaban J connectivity index is 2.39. The maximum absolute atomic E-state index is 10.8. The van der Waals surface area contributed by atoms with Crippen LogP contribution in [0.15, 0.2) is 30.5 Å². The summed E-state index contributed by atoms with van der Waals surface area (Å²) < 4.78 is 6.71. The number of rotatable bonds is 4. The number of hydrogen-bond acceptors (Lipinski definition) is 3. The van der Waals surface area contributed by atoms with Gasteiger partial charge in [-0.05, 0) is 24.3 Å². The summed E-state index contributed by atoms with van der Waals surface area (Å²) >= 11 is 0. The predicted molar refractivity (Wildman–Crippen MR) is 66.5 cm³/mol. The van der Waals surface area contributed by atoms with E-state index in [2.05, 4.69) is 5.10 Å². The van der Waals surface area contributed by atoms with Gasteiger partial charge in [0.15, 0.2) is 0 Å². The van der Waals surface area contributed by atoms with Crippen LogP contribution in [-0.4, -0.2) is 28.0 Å². The summed E-state index contributed by atoms with van der Waals surface area (Å²) in [6, 6.07) is 7.39. The molecule has 2 aromatic rings. The third-order valence-electron chi connectivity index (χ3n) is 2.61. The van der Waals surface area contributed by atoms with E-state index >= 15 is 0 Å². The average Bonchev–Trinajstić information content (AvgIpc) is 2.69. The van der Waals surface area contributed by atoms with Crippen LogP contribution in [0.25, 0.3) is 11.3 Å². The lowest BCUT2D eigenvalue weighted by molar-refractivity contribution is -0.136. The van der Waals surface area contributed by atoms with Crippen LogP contribution in [0, 0.1) is 0 Å². The van der Waals surface area contributed by atoms with E-state index in [1.165, 1.54) is 0 Å². The van der Waals surface area contributed by atoms with Crippen molar-refractivity contribution in [2.45, 2.75) is 6.42 Å². The first-order valence-electron chi connectivity index (χ1n) is 5.49. The van der Waals surface area contributed by atoms with E-state index in [0.717, 1.165) is 11.3 Å². The third-order valence-corrected chi connectivity index (χ3v) is 2.61. The van der Waals surface area contributed by atoms with Crippen LogP contribution in [0.4, 0.5) is 0 Å². The van der Waals surface area contributed by atoms with Gasteiger partial charge in [0, 0.05) is 24.4 Å². The molecule has 0 aliphatic heterocycles. The number of methoxy groups -OCH3 is 1. The van der Waals surface area contributed by atoms with Crippen molar-refractivity contribution in [2.24, 2.45) is 7.05 Å². The minimum atomic E-state index is -0.863. The smallest absolute Gasteiger partial charge is 0.307 e. The van der Waals surface area contributed by atoms with Crippen LogP contribution in [-0.2, 0) is 18.3 Å². The second-order valence-corrected chi connectivity index (χ2v) is 3.98. The molecule has 0 bridgehead atoms. The van der Waals surface area contributed by atoms with Crippen LogP contribution < -0.4 is 4.74 Å². The van der Waals surface area contributed by atoms with E-state index in [0.29, 0.717) is 11.3 Å². The number of hydrogen-bond donors (Lipinski definition) is 1. The second kappa shape index (κ2) is 4.91. The molecule has 0 atom stereocenters. The van der Waals surface area contributed by atoms with Gasteiger partial charge in [-0.3, -0.25) is 9.48 Å². The van der Waals surface area contributed by atoms with Crippen molar-refractivity contribution in [2.75, 3.05) is 7.11 Å². The predicted octanol–water partition coefficient (Wildman–Crippen LogP) is 1.72. The largest absolute Gasteiger partial charge is 0.497 e. The molecule has 5 nitrogen and oxygen atoms in total. The van der Waals surface area contributed by atoms with Crippen LogP contribution in [0.2, 0.25) is 0 Å². The van der Waals surface area contributed by atoms with E-state index in [4.69, 9.17) is 9.84 Å². The van der Waals surface area contributed by atoms with Crippen molar-refractivity contribution in [3.8, 4) is 17.0 Å². The highest BCUT2D eigenvalue weighted by molar-refractivity contribution is 5.74. The zero-order valence-corrected chi connectivity index (χ0v) is 10.3. The molecule has 0 fully saturated rings. The highest BCUT2D eigenvalue weighted by Gasteiger charge is 2.12. The van der Waals surface area contributed by atoms with E-state index in [1.807, 2.05) is 24.3 Å². The Bertz CT molecular complexity index is 558. The highest BCUT2D eigenvalue weighted by Crippen LogP contribution is 2.24. The standard InChI is InChI=1S/C13H14N2O3/c1-15-8-10(7-12(16)17)13(14-15)9-3-5-11(18-2)6-4-9/h3-6,8H,7H2,1-2H3,(H,16,17). The Hall–Kier alpha value is -2.30. The molecule has 0 aliphatic rings. The van der Waals surface area contributed by atoms with E-state index < -0.39 is 5.97 Å². The Morgan fingerprint density at radius 1 is 1.39 bits per heavy atom. The summed E-state index contributed by atoms with van der Waals surface area (Å²) in [7, 11) is 3.38. The lowest BCUT2D eigenvalue weighted by Crippen LogP contribution is -2.00. The number of carboxylic acid groups (broad SMARTS) is 1. The quantitative estimate of drug-likeness (QED) is 0.892. The van der Waals surface area contributed by atoms with E-state index in [9.17, 15) is 4.79 Å². The molecule has 0 radical (unpaired) electrons. The summed E-state index contributed by atoms with van der Waals surface area (Å²) in [6.45, 7) is 0. The van der Waals surface area contributed by atoms with Crippen molar-refractivity contribution >= 4 is 5.97 Å². The zero-order valence-electron chi connectivity index (χ0n) is 10.3. The first kappa shape index (κ1) is 12.2. The Morgan fingerprint density at radius 3 is 2.61 bits per heavy atom. The Labute approximate surface area is 105 Å². The first-order valence-corrected chi connectivity index (χ1v) is 5.49. The van der Waals surface area contributed by atoms with Gasteiger partial charge in [0.05, 0.1) is 19.2 Å². The molecule has 1 heterocycles. The summed E-state index contributed by atoms with van der Waals surface area (Å²) in [4.78, 5) is 10.8. The van der Waals surface area contributed by atoms with Gasteiger partial charge in [0.1, 0.15) is 5.75 Å². The zero-order chi connectivity index (χ0) is 13.1. The maximum Gasteiger partial charge on any atom is 0.307 e. The van der Waals surface area contributed by atoms with Crippen molar-refractivity contribution in [1.82, 2.24) is 9.78 Å². The fraction of sp³-hybridized carbons (Fsp3) is 0.231. The highest BCUT2D eigenvalue weighted by atomic mass is 16.5.